The number of aryl methyl sites for hydroxylation is 12. The molecule has 0 spiro atoms. The van der Waals surface area contributed by atoms with E-state index in [1.54, 1.807) is 118 Å². The summed E-state index contributed by atoms with van der Waals surface area (Å²) in [6.07, 6.45) is 16.5. The Labute approximate surface area is 838 Å². The summed E-state index contributed by atoms with van der Waals surface area (Å²) in [7, 11) is 1.62. The maximum Gasteiger partial charge on any atom is 0.243 e. The second kappa shape index (κ2) is 53.0. The van der Waals surface area contributed by atoms with E-state index in [9.17, 15) is 28.8 Å². The molecule has 0 atom stereocenters. The molecule has 141 heavy (non-hydrogen) atoms. The summed E-state index contributed by atoms with van der Waals surface area (Å²) in [5, 5.41) is 15.9. The van der Waals surface area contributed by atoms with Crippen molar-refractivity contribution in [3.8, 4) is 5.75 Å². The van der Waals surface area contributed by atoms with Gasteiger partial charge < -0.3 is 55.8 Å². The molecule has 0 aliphatic heterocycles. The number of pyridine rings is 5. The number of methoxy groups -OCH3 is 1. The Hall–Kier alpha value is -16.2. The van der Waals surface area contributed by atoms with Gasteiger partial charge in [-0.3, -0.25) is 53.7 Å². The Kier molecular flexibility index (Phi) is 39.6. The minimum atomic E-state index is -0.148. The summed E-state index contributed by atoms with van der Waals surface area (Å²) < 4.78 is 5.38. The number of ketones is 1. The zero-order chi connectivity index (χ0) is 101. The first-order valence-electron chi connectivity index (χ1n) is 46.2. The normalized spacial score (nSPS) is 10.4. The van der Waals surface area contributed by atoms with Gasteiger partial charge >= 0.3 is 0 Å². The summed E-state index contributed by atoms with van der Waals surface area (Å²) >= 11 is 12.4. The number of hydrogen-bond acceptors (Lipinski definition) is 17. The van der Waals surface area contributed by atoms with E-state index in [2.05, 4.69) is 204 Å². The largest absolute Gasteiger partial charge is 0.497 e. The van der Waals surface area contributed by atoms with Crippen molar-refractivity contribution < 1.29 is 33.5 Å². The van der Waals surface area contributed by atoms with Crippen molar-refractivity contribution in [2.24, 2.45) is 0 Å². The van der Waals surface area contributed by atoms with Crippen LogP contribution in [0.2, 0.25) is 10.0 Å². The molecule has 0 bridgehead atoms. The predicted molar refractivity (Wildman–Crippen MR) is 574 cm³/mol. The van der Waals surface area contributed by atoms with Crippen molar-refractivity contribution in [2.75, 3.05) is 90.9 Å². The fraction of sp³-hybridized carbons (Fsp3) is 0.207. The van der Waals surface area contributed by atoms with Gasteiger partial charge in [0.05, 0.1) is 106 Å². The molecule has 15 rings (SSSR count). The van der Waals surface area contributed by atoms with E-state index >= 15 is 0 Å². The third-order valence-electron chi connectivity index (χ3n) is 23.0. The number of hydrogen-bond donors (Lipinski definition) is 5. The standard InChI is InChI=1S/C25H29N3O.C24H25N3O3.C23H22N4O.2C22H22ClN3O/c1-17-8-9-19(3)24(13-17)28(15-23-20(4)11-18(2)12-21(23)5)16-25(29)27-22-7-6-10-26-14-22;1-17-6-11-22(30-3)13-23(17)27(15-19-7-9-20(10-8-19)18(2)28)16-24(29)26-21-5-4-12-25-14-21;1-17-10-11-18(2)22(13-17)27(15-19-7-4-5-9-21(19)24-3)16-23(28)26-20-8-6-12-25-14-20;1-16-5-6-17(2)21(12-16)26(14-18-7-9-19(23)10-8-18)15-22(27)25-20-4-3-11-24-13-20;1-16-9-10-17(2)21(12-16)26(14-18-6-3-4-8-20(18)23)15-22(27)25-19-7-5-11-24-13-19/h6-14H,15-16H2,1-5H3,(H,27,29);4-14H,15-16H2,1-3H3,(H,26,29);4-14H,15-16H2,1-2H3,(H,26,28);2*3-13H,14-15H2,1-2H3,(H,25,27). The van der Waals surface area contributed by atoms with E-state index in [1.807, 2.05) is 178 Å². The number of aromatic nitrogens is 5. The van der Waals surface area contributed by atoms with Crippen molar-refractivity contribution >= 4 is 121 Å². The molecule has 0 unspecified atom stereocenters. The third-order valence-corrected chi connectivity index (χ3v) is 23.6. The molecule has 720 valence electrons. The molecule has 0 radical (unpaired) electrons. The monoisotopic (exact) mass is 1920 g/mol. The lowest BCUT2D eigenvalue weighted by atomic mass is 9.98. The van der Waals surface area contributed by atoms with Gasteiger partial charge in [-0.2, -0.15) is 0 Å². The third kappa shape index (κ3) is 33.3. The van der Waals surface area contributed by atoms with Crippen molar-refractivity contribution in [1.29, 1.82) is 0 Å². The number of nitrogens with one attached hydrogen (secondary N) is 5. The number of halogens is 2. The lowest BCUT2D eigenvalue weighted by molar-refractivity contribution is -0.115. The van der Waals surface area contributed by atoms with Crippen LogP contribution in [-0.2, 0) is 56.7 Å². The molecule has 5 amide bonds. The SMILES string of the molecule is COc1ccc(C)c(N(CC(=O)Nc2cccnc2)Cc2ccc(C(C)=O)cc2)c1.Cc1cc(C)c(CN(CC(=O)Nc2cccnc2)c2cc(C)ccc2C)c(C)c1.Cc1ccc(C)c(N(CC(=O)Nc2cccnc2)Cc2ccc(Cl)cc2)c1.Cc1ccc(C)c(N(CC(=O)Nc2cccnc2)Cc2ccccc2Cl)c1.[C-]#[N+]c1ccccc1CN(CC(=O)Nc1cccnc1)c1cc(C)ccc1C. The average Bonchev–Trinajstić information content (AvgIpc) is 0.813. The first-order valence-corrected chi connectivity index (χ1v) is 46.9. The van der Waals surface area contributed by atoms with Gasteiger partial charge in [-0.25, -0.2) is 4.85 Å². The molecular weight excluding hydrogens is 1800 g/mol. The zero-order valence-corrected chi connectivity index (χ0v) is 83.7. The van der Waals surface area contributed by atoms with Gasteiger partial charge in [0.15, 0.2) is 11.5 Å². The number of nitrogens with zero attached hydrogens (tertiary/aromatic N) is 11. The van der Waals surface area contributed by atoms with Crippen molar-refractivity contribution in [2.45, 2.75) is 123 Å². The Morgan fingerprint density at radius 1 is 0.319 bits per heavy atom. The molecule has 0 aliphatic carbocycles. The van der Waals surface area contributed by atoms with E-state index in [0.717, 1.165) is 101 Å². The summed E-state index contributed by atoms with van der Waals surface area (Å²) in [5.41, 5.74) is 28.8. The molecule has 5 N–H and O–H groups in total. The van der Waals surface area contributed by atoms with Crippen LogP contribution in [0.1, 0.15) is 112 Å². The van der Waals surface area contributed by atoms with E-state index in [-0.39, 0.29) is 68.0 Å². The number of ether oxygens (including phenoxy) is 1. The number of carbonyl (C=O) groups excluding carboxylic acids is 6. The molecule has 5 heterocycles. The van der Waals surface area contributed by atoms with Crippen LogP contribution in [-0.4, -0.2) is 100 Å². The Balaban J connectivity index is 0.000000169. The molecule has 15 aromatic rings. The first kappa shape index (κ1) is 105. The van der Waals surface area contributed by atoms with Crippen molar-refractivity contribution in [1.82, 2.24) is 24.9 Å². The average molecular weight is 1920 g/mol. The maximum atomic E-state index is 12.8. The lowest BCUT2D eigenvalue weighted by Gasteiger charge is -2.28. The zero-order valence-electron chi connectivity index (χ0n) is 82.2. The van der Waals surface area contributed by atoms with Crippen LogP contribution in [0.25, 0.3) is 4.85 Å². The molecule has 10 aromatic carbocycles. The summed E-state index contributed by atoms with van der Waals surface area (Å²) in [4.78, 5) is 109. The van der Waals surface area contributed by atoms with Crippen LogP contribution in [0.3, 0.4) is 0 Å². The summed E-state index contributed by atoms with van der Waals surface area (Å²) in [5.74, 6) is 0.230. The van der Waals surface area contributed by atoms with Crippen LogP contribution in [0.4, 0.5) is 62.6 Å². The second-order valence-corrected chi connectivity index (χ2v) is 35.5. The van der Waals surface area contributed by atoms with Gasteiger partial charge in [0, 0.05) is 114 Å². The fourth-order valence-electron chi connectivity index (χ4n) is 15.8. The Morgan fingerprint density at radius 2 is 0.624 bits per heavy atom. The lowest BCUT2D eigenvalue weighted by Crippen LogP contribution is -2.34. The molecule has 0 aliphatic rings. The van der Waals surface area contributed by atoms with Crippen LogP contribution in [0.15, 0.2) is 323 Å². The first-order chi connectivity index (χ1) is 67.9. The molecule has 23 nitrogen and oxygen atoms in total. The molecule has 0 saturated carbocycles. The summed E-state index contributed by atoms with van der Waals surface area (Å²) in [6, 6.07) is 83.7. The van der Waals surface area contributed by atoms with Crippen molar-refractivity contribution in [3.05, 3.63) is 444 Å². The number of benzene rings is 10. The topological polar surface area (TPSA) is 257 Å². The Morgan fingerprint density at radius 3 is 0.950 bits per heavy atom. The summed E-state index contributed by atoms with van der Waals surface area (Å²) in [6.45, 7) is 37.7. The number of rotatable bonds is 32. The fourth-order valence-corrected chi connectivity index (χ4v) is 16.1. The quantitative estimate of drug-likeness (QED) is 0.0194. The highest BCUT2D eigenvalue weighted by Gasteiger charge is 2.24. The van der Waals surface area contributed by atoms with Gasteiger partial charge in [0.25, 0.3) is 0 Å². The highest BCUT2D eigenvalue weighted by atomic mass is 35.5. The predicted octanol–water partition coefficient (Wildman–Crippen LogP) is 24.4. The number of Topliss-reactive ketones (excluding diaryl/α,β-unsaturated/α-hetero) is 1. The highest BCUT2D eigenvalue weighted by molar-refractivity contribution is 6.31. The second-order valence-electron chi connectivity index (χ2n) is 34.6. The van der Waals surface area contributed by atoms with Crippen LogP contribution in [0, 0.1) is 89.7 Å². The smallest absolute Gasteiger partial charge is 0.243 e. The van der Waals surface area contributed by atoms with Gasteiger partial charge in [-0.15, -0.1) is 0 Å². The number of anilines is 10. The molecule has 0 fully saturated rings. The number of para-hydroxylation sites is 1. The molecular formula is C116H120Cl2N16O7. The number of carbonyl (C=O) groups is 6. The van der Waals surface area contributed by atoms with E-state index < -0.39 is 0 Å². The van der Waals surface area contributed by atoms with Crippen molar-refractivity contribution in [3.63, 3.8) is 0 Å². The highest BCUT2D eigenvalue weighted by Crippen LogP contribution is 2.34. The molecule has 0 saturated heterocycles. The maximum absolute atomic E-state index is 12.8. The van der Waals surface area contributed by atoms with Crippen LogP contribution < -0.4 is 55.8 Å². The van der Waals surface area contributed by atoms with E-state index in [1.165, 1.54) is 27.8 Å². The molecule has 25 heteroatoms. The minimum Gasteiger partial charge on any atom is -0.497 e. The molecule has 5 aromatic heterocycles. The number of amides is 5. The van der Waals surface area contributed by atoms with E-state index in [0.29, 0.717) is 82.5 Å². The van der Waals surface area contributed by atoms with Crippen LogP contribution >= 0.6 is 23.2 Å². The van der Waals surface area contributed by atoms with Gasteiger partial charge in [-0.05, 0) is 288 Å². The van der Waals surface area contributed by atoms with Gasteiger partial charge in [0.2, 0.25) is 29.5 Å². The van der Waals surface area contributed by atoms with Gasteiger partial charge in [-0.1, -0.05) is 174 Å². The van der Waals surface area contributed by atoms with Crippen LogP contribution in [0.5, 0.6) is 5.75 Å². The van der Waals surface area contributed by atoms with Gasteiger partial charge in [0.1, 0.15) is 5.75 Å². The van der Waals surface area contributed by atoms with E-state index in [4.69, 9.17) is 34.5 Å². The Bertz CT molecular complexity index is 6740. The minimum absolute atomic E-state index is 0.0258.